The third kappa shape index (κ3) is 2.84. The number of carbonyl (C=O) groups is 1. The molecule has 0 fully saturated rings. The summed E-state index contributed by atoms with van der Waals surface area (Å²) in [7, 11) is 0. The smallest absolute Gasteiger partial charge is 0.239 e. The summed E-state index contributed by atoms with van der Waals surface area (Å²) in [5.74, 6) is 0.267. The molecule has 0 aliphatic carbocycles. The van der Waals surface area contributed by atoms with Crippen LogP contribution in [0.1, 0.15) is 29.2 Å². The minimum atomic E-state index is -0.0522. The fourth-order valence-corrected chi connectivity index (χ4v) is 3.95. The molecule has 1 amide bonds. The Hall–Kier alpha value is -2.13. The fourth-order valence-electron chi connectivity index (χ4n) is 3.95. The third-order valence-corrected chi connectivity index (χ3v) is 5.51. The first-order valence-electron chi connectivity index (χ1n) is 8.89. The molecule has 0 aromatic heterocycles. The number of hydrogen-bond donors (Lipinski definition) is 0. The molecule has 0 bridgehead atoms. The van der Waals surface area contributed by atoms with Gasteiger partial charge in [0.05, 0.1) is 6.04 Å². The van der Waals surface area contributed by atoms with Crippen molar-refractivity contribution in [3.05, 3.63) is 70.8 Å². The van der Waals surface area contributed by atoms with E-state index in [1.807, 2.05) is 4.90 Å². The first-order chi connectivity index (χ1) is 11.7. The van der Waals surface area contributed by atoms with Crippen LogP contribution in [0.4, 0.5) is 0 Å². The van der Waals surface area contributed by atoms with Gasteiger partial charge in [-0.25, -0.2) is 0 Å². The molecule has 0 N–H and O–H groups in total. The third-order valence-electron chi connectivity index (χ3n) is 5.51. The van der Waals surface area contributed by atoms with Crippen molar-refractivity contribution in [1.82, 2.24) is 9.80 Å². The van der Waals surface area contributed by atoms with Gasteiger partial charge in [-0.05, 0) is 42.0 Å². The van der Waals surface area contributed by atoms with Crippen LogP contribution in [0.25, 0.3) is 0 Å². The molecular formula is C21H24N2O. The first-order valence-corrected chi connectivity index (χ1v) is 8.89. The molecule has 3 heteroatoms. The Bertz CT molecular complexity index is 755. The highest BCUT2D eigenvalue weighted by Crippen LogP contribution is 2.23. The van der Waals surface area contributed by atoms with Gasteiger partial charge in [0.2, 0.25) is 5.91 Å². The Balaban J connectivity index is 1.46. The van der Waals surface area contributed by atoms with E-state index in [9.17, 15) is 4.79 Å². The van der Waals surface area contributed by atoms with Crippen LogP contribution in [-0.2, 0) is 30.7 Å². The highest BCUT2D eigenvalue weighted by Gasteiger charge is 2.30. The van der Waals surface area contributed by atoms with Gasteiger partial charge in [0.25, 0.3) is 0 Å². The van der Waals surface area contributed by atoms with E-state index in [4.69, 9.17) is 0 Å². The predicted molar refractivity (Wildman–Crippen MR) is 95.6 cm³/mol. The average molecular weight is 320 g/mol. The second-order valence-electron chi connectivity index (χ2n) is 6.94. The van der Waals surface area contributed by atoms with Crippen molar-refractivity contribution in [3.63, 3.8) is 0 Å². The maximum absolute atomic E-state index is 13.0. The summed E-state index contributed by atoms with van der Waals surface area (Å²) in [6, 6.07) is 17.0. The Morgan fingerprint density at radius 3 is 2.04 bits per heavy atom. The van der Waals surface area contributed by atoms with E-state index < -0.39 is 0 Å². The van der Waals surface area contributed by atoms with Gasteiger partial charge in [-0.15, -0.1) is 0 Å². The van der Waals surface area contributed by atoms with E-state index in [1.165, 1.54) is 22.3 Å². The molecule has 1 atom stereocenters. The minimum absolute atomic E-state index is 0.0522. The van der Waals surface area contributed by atoms with Crippen LogP contribution in [0.2, 0.25) is 0 Å². The molecule has 24 heavy (non-hydrogen) atoms. The lowest BCUT2D eigenvalue weighted by Gasteiger charge is -2.37. The quantitative estimate of drug-likeness (QED) is 0.849. The molecule has 0 spiro atoms. The number of carbonyl (C=O) groups excluding carboxylic acids is 1. The SMILES string of the molecule is CC(C(=O)N1CCc2ccccc2C1)N1CCc2ccccc2C1. The summed E-state index contributed by atoms with van der Waals surface area (Å²) < 4.78 is 0. The molecule has 124 valence electrons. The molecule has 2 aliphatic heterocycles. The van der Waals surface area contributed by atoms with Crippen LogP contribution in [0.15, 0.2) is 48.5 Å². The molecule has 0 radical (unpaired) electrons. The summed E-state index contributed by atoms with van der Waals surface area (Å²) in [4.78, 5) is 17.4. The van der Waals surface area contributed by atoms with E-state index in [1.54, 1.807) is 0 Å². The van der Waals surface area contributed by atoms with E-state index in [0.29, 0.717) is 0 Å². The average Bonchev–Trinajstić information content (AvgIpc) is 2.66. The van der Waals surface area contributed by atoms with E-state index in [-0.39, 0.29) is 11.9 Å². The first kappa shape index (κ1) is 15.4. The molecular weight excluding hydrogens is 296 g/mol. The summed E-state index contributed by atoms with van der Waals surface area (Å²) in [5, 5.41) is 0. The van der Waals surface area contributed by atoms with Crippen molar-refractivity contribution in [2.24, 2.45) is 0 Å². The van der Waals surface area contributed by atoms with E-state index >= 15 is 0 Å². The molecule has 4 rings (SSSR count). The zero-order chi connectivity index (χ0) is 16.5. The van der Waals surface area contributed by atoms with Crippen molar-refractivity contribution >= 4 is 5.91 Å². The number of benzene rings is 2. The second-order valence-corrected chi connectivity index (χ2v) is 6.94. The highest BCUT2D eigenvalue weighted by atomic mass is 16.2. The second kappa shape index (κ2) is 6.40. The molecule has 3 nitrogen and oxygen atoms in total. The number of rotatable bonds is 2. The molecule has 2 aliphatic rings. The van der Waals surface area contributed by atoms with Crippen molar-refractivity contribution in [1.29, 1.82) is 0 Å². The molecule has 2 heterocycles. The summed E-state index contributed by atoms with van der Waals surface area (Å²) in [6.07, 6.45) is 2.01. The van der Waals surface area contributed by atoms with Crippen molar-refractivity contribution in [3.8, 4) is 0 Å². The topological polar surface area (TPSA) is 23.6 Å². The summed E-state index contributed by atoms with van der Waals surface area (Å²) in [6.45, 7) is 5.51. The standard InChI is InChI=1S/C21H24N2O/c1-16(22-12-10-17-6-2-4-8-19(17)14-22)21(24)23-13-11-18-7-3-5-9-20(18)15-23/h2-9,16H,10-15H2,1H3. The summed E-state index contributed by atoms with van der Waals surface area (Å²) >= 11 is 0. The number of fused-ring (bicyclic) bond motifs is 2. The predicted octanol–water partition coefficient (Wildman–Crippen LogP) is 3.02. The zero-order valence-electron chi connectivity index (χ0n) is 14.2. The van der Waals surface area contributed by atoms with Crippen molar-refractivity contribution < 1.29 is 4.79 Å². The van der Waals surface area contributed by atoms with Crippen LogP contribution in [0.3, 0.4) is 0 Å². The lowest BCUT2D eigenvalue weighted by Crippen LogP contribution is -2.49. The number of hydrogen-bond acceptors (Lipinski definition) is 2. The Morgan fingerprint density at radius 2 is 1.38 bits per heavy atom. The molecule has 0 saturated carbocycles. The van der Waals surface area contributed by atoms with Gasteiger partial charge in [0.15, 0.2) is 0 Å². The monoisotopic (exact) mass is 320 g/mol. The van der Waals surface area contributed by atoms with Crippen molar-refractivity contribution in [2.75, 3.05) is 13.1 Å². The van der Waals surface area contributed by atoms with Crippen molar-refractivity contribution in [2.45, 2.75) is 38.9 Å². The van der Waals surface area contributed by atoms with E-state index in [0.717, 1.165) is 39.0 Å². The number of nitrogens with zero attached hydrogens (tertiary/aromatic N) is 2. The normalized spacial score (nSPS) is 18.6. The maximum atomic E-state index is 13.0. The van der Waals surface area contributed by atoms with Gasteiger partial charge >= 0.3 is 0 Å². The van der Waals surface area contributed by atoms with Gasteiger partial charge in [-0.1, -0.05) is 48.5 Å². The molecule has 0 saturated heterocycles. The number of amides is 1. The summed E-state index contributed by atoms with van der Waals surface area (Å²) in [5.41, 5.74) is 5.49. The minimum Gasteiger partial charge on any atom is -0.337 e. The van der Waals surface area contributed by atoms with Crippen LogP contribution >= 0.6 is 0 Å². The van der Waals surface area contributed by atoms with E-state index in [2.05, 4.69) is 60.4 Å². The van der Waals surface area contributed by atoms with Gasteiger partial charge < -0.3 is 4.90 Å². The van der Waals surface area contributed by atoms with Gasteiger partial charge in [0, 0.05) is 26.2 Å². The van der Waals surface area contributed by atoms with Crippen LogP contribution < -0.4 is 0 Å². The molecule has 2 aromatic carbocycles. The molecule has 2 aromatic rings. The lowest BCUT2D eigenvalue weighted by molar-refractivity contribution is -0.137. The fraction of sp³-hybridized carbons (Fsp3) is 0.381. The largest absolute Gasteiger partial charge is 0.337 e. The Labute approximate surface area is 143 Å². The Kier molecular flexibility index (Phi) is 4.11. The zero-order valence-corrected chi connectivity index (χ0v) is 14.2. The van der Waals surface area contributed by atoms with Gasteiger partial charge in [-0.3, -0.25) is 9.69 Å². The van der Waals surface area contributed by atoms with Crippen LogP contribution in [-0.4, -0.2) is 34.8 Å². The molecule has 1 unspecified atom stereocenters. The Morgan fingerprint density at radius 1 is 0.833 bits per heavy atom. The van der Waals surface area contributed by atoms with Crippen LogP contribution in [0, 0.1) is 0 Å². The maximum Gasteiger partial charge on any atom is 0.239 e. The highest BCUT2D eigenvalue weighted by molar-refractivity contribution is 5.81. The van der Waals surface area contributed by atoms with Gasteiger partial charge in [0.1, 0.15) is 0 Å². The van der Waals surface area contributed by atoms with Gasteiger partial charge in [-0.2, -0.15) is 0 Å². The lowest BCUT2D eigenvalue weighted by atomic mass is 9.97. The van der Waals surface area contributed by atoms with Crippen LogP contribution in [0.5, 0.6) is 0 Å².